The van der Waals surface area contributed by atoms with Crippen molar-refractivity contribution in [2.24, 2.45) is 0 Å². The molecule has 3 N–H and O–H groups in total. The number of aliphatic carboxylic acids is 1. The summed E-state index contributed by atoms with van der Waals surface area (Å²) in [6.07, 6.45) is 1.87. The summed E-state index contributed by atoms with van der Waals surface area (Å²) >= 11 is 1.33. The quantitative estimate of drug-likeness (QED) is 0.389. The molecule has 12 heteroatoms. The van der Waals surface area contributed by atoms with Gasteiger partial charge in [-0.25, -0.2) is 27.8 Å². The Hall–Kier alpha value is -3.12. The van der Waals surface area contributed by atoms with Crippen LogP contribution in [0.2, 0.25) is 0 Å². The second-order valence-electron chi connectivity index (χ2n) is 8.55. The molecule has 0 aliphatic rings. The molecular formula is C22H26FN5O4S2. The fourth-order valence-corrected chi connectivity index (χ4v) is 5.24. The van der Waals surface area contributed by atoms with Crippen LogP contribution in [0.4, 0.5) is 16.0 Å². The minimum Gasteiger partial charge on any atom is -0.480 e. The van der Waals surface area contributed by atoms with Crippen LogP contribution in [-0.4, -0.2) is 46.7 Å². The Labute approximate surface area is 201 Å². The smallest absolute Gasteiger partial charge is 0.322 e. The standard InChI is InChI=1S/C22H26FN5O4S2/c1-5-11-34(31,32)28-14-8-6-7-13(17(14)23)18-19(33-20(27-18)22(2,3)4)15-9-10-24-21(26-15)25-12-16(29)30/h6-10,28H,5,11-12H2,1-4H3,(H,29,30)(H,24,25,26). The van der Waals surface area contributed by atoms with Crippen molar-refractivity contribution < 1.29 is 22.7 Å². The first-order valence-electron chi connectivity index (χ1n) is 10.5. The molecule has 182 valence electrons. The van der Waals surface area contributed by atoms with Crippen molar-refractivity contribution >= 4 is 39.0 Å². The maximum absolute atomic E-state index is 15.5. The van der Waals surface area contributed by atoms with Gasteiger partial charge >= 0.3 is 5.97 Å². The largest absolute Gasteiger partial charge is 0.480 e. The highest BCUT2D eigenvalue weighted by Gasteiger charge is 2.26. The molecule has 0 saturated heterocycles. The molecule has 0 aliphatic heterocycles. The highest BCUT2D eigenvalue weighted by atomic mass is 32.2. The molecule has 0 spiro atoms. The monoisotopic (exact) mass is 507 g/mol. The van der Waals surface area contributed by atoms with E-state index in [1.54, 1.807) is 19.1 Å². The van der Waals surface area contributed by atoms with Gasteiger partial charge in [0, 0.05) is 17.2 Å². The van der Waals surface area contributed by atoms with Crippen molar-refractivity contribution in [3.8, 4) is 21.8 Å². The Morgan fingerprint density at radius 3 is 2.59 bits per heavy atom. The predicted molar refractivity (Wildman–Crippen MR) is 131 cm³/mol. The van der Waals surface area contributed by atoms with E-state index >= 15 is 4.39 Å². The topological polar surface area (TPSA) is 134 Å². The molecule has 0 amide bonds. The molecular weight excluding hydrogens is 481 g/mol. The number of carboxylic acid groups (broad SMARTS) is 1. The van der Waals surface area contributed by atoms with E-state index in [-0.39, 0.29) is 34.9 Å². The lowest BCUT2D eigenvalue weighted by Crippen LogP contribution is -2.17. The summed E-state index contributed by atoms with van der Waals surface area (Å²) in [6.45, 7) is 7.30. The minimum atomic E-state index is -3.69. The summed E-state index contributed by atoms with van der Waals surface area (Å²) in [5.41, 5.74) is 0.367. The Kier molecular flexibility index (Phi) is 7.51. The number of benzene rings is 1. The molecule has 0 unspecified atom stereocenters. The highest BCUT2D eigenvalue weighted by Crippen LogP contribution is 2.41. The molecule has 0 fully saturated rings. The first-order chi connectivity index (χ1) is 15.9. The lowest BCUT2D eigenvalue weighted by atomic mass is 9.98. The molecule has 0 bridgehead atoms. The Bertz CT molecular complexity index is 1300. The van der Waals surface area contributed by atoms with Crippen molar-refractivity contribution in [2.75, 3.05) is 22.3 Å². The van der Waals surface area contributed by atoms with Crippen LogP contribution in [0, 0.1) is 5.82 Å². The molecule has 0 atom stereocenters. The zero-order valence-electron chi connectivity index (χ0n) is 19.2. The van der Waals surface area contributed by atoms with E-state index in [4.69, 9.17) is 10.1 Å². The molecule has 0 radical (unpaired) electrons. The summed E-state index contributed by atoms with van der Waals surface area (Å²) in [6, 6.07) is 6.08. The normalized spacial score (nSPS) is 11.9. The van der Waals surface area contributed by atoms with Gasteiger partial charge in [0.2, 0.25) is 16.0 Å². The molecule has 34 heavy (non-hydrogen) atoms. The number of halogens is 1. The maximum atomic E-state index is 15.5. The lowest BCUT2D eigenvalue weighted by molar-refractivity contribution is -0.134. The Morgan fingerprint density at radius 1 is 1.21 bits per heavy atom. The van der Waals surface area contributed by atoms with Crippen LogP contribution in [0.15, 0.2) is 30.5 Å². The fourth-order valence-electron chi connectivity index (χ4n) is 3.00. The van der Waals surface area contributed by atoms with Crippen LogP contribution < -0.4 is 10.0 Å². The number of aromatic nitrogens is 3. The third-order valence-corrected chi connectivity index (χ3v) is 7.53. The molecule has 2 aromatic heterocycles. The van der Waals surface area contributed by atoms with E-state index in [1.807, 2.05) is 20.8 Å². The number of nitrogens with one attached hydrogen (secondary N) is 2. The number of rotatable bonds is 9. The summed E-state index contributed by atoms with van der Waals surface area (Å²) in [7, 11) is -3.69. The van der Waals surface area contributed by atoms with Crippen molar-refractivity contribution in [1.82, 2.24) is 15.0 Å². The van der Waals surface area contributed by atoms with Gasteiger partial charge in [0.25, 0.3) is 0 Å². The van der Waals surface area contributed by atoms with Crippen LogP contribution in [0.25, 0.3) is 21.8 Å². The van der Waals surface area contributed by atoms with Gasteiger partial charge in [-0.15, -0.1) is 11.3 Å². The van der Waals surface area contributed by atoms with Gasteiger partial charge in [0.15, 0.2) is 5.82 Å². The third-order valence-electron chi connectivity index (χ3n) is 4.55. The number of nitrogens with zero attached hydrogens (tertiary/aromatic N) is 3. The van der Waals surface area contributed by atoms with Crippen LogP contribution in [0.5, 0.6) is 0 Å². The summed E-state index contributed by atoms with van der Waals surface area (Å²) in [5, 5.41) is 12.3. The molecule has 9 nitrogen and oxygen atoms in total. The Balaban J connectivity index is 2.13. The molecule has 1 aromatic carbocycles. The molecule has 0 aliphatic carbocycles. The van der Waals surface area contributed by atoms with Gasteiger partial charge in [0.1, 0.15) is 6.54 Å². The first kappa shape index (κ1) is 25.5. The highest BCUT2D eigenvalue weighted by molar-refractivity contribution is 7.92. The van der Waals surface area contributed by atoms with Crippen molar-refractivity contribution in [2.45, 2.75) is 39.5 Å². The van der Waals surface area contributed by atoms with Crippen LogP contribution in [0.3, 0.4) is 0 Å². The number of hydrogen-bond donors (Lipinski definition) is 3. The van der Waals surface area contributed by atoms with E-state index in [1.165, 1.54) is 29.7 Å². The third kappa shape index (κ3) is 6.06. The molecule has 3 rings (SSSR count). The lowest BCUT2D eigenvalue weighted by Gasteiger charge is -2.13. The predicted octanol–water partition coefficient (Wildman–Crippen LogP) is 4.35. The van der Waals surface area contributed by atoms with Gasteiger partial charge in [-0.05, 0) is 24.6 Å². The zero-order valence-corrected chi connectivity index (χ0v) is 20.8. The summed E-state index contributed by atoms with van der Waals surface area (Å²) in [5.74, 6) is -1.82. The van der Waals surface area contributed by atoms with Gasteiger partial charge in [-0.2, -0.15) is 0 Å². The summed E-state index contributed by atoms with van der Waals surface area (Å²) < 4.78 is 42.3. The maximum Gasteiger partial charge on any atom is 0.322 e. The second kappa shape index (κ2) is 10.0. The fraction of sp³-hybridized carbons (Fsp3) is 0.364. The van der Waals surface area contributed by atoms with E-state index in [2.05, 4.69) is 20.0 Å². The van der Waals surface area contributed by atoms with E-state index in [0.29, 0.717) is 22.7 Å². The average molecular weight is 508 g/mol. The number of anilines is 2. The number of hydrogen-bond acceptors (Lipinski definition) is 8. The van der Waals surface area contributed by atoms with Crippen molar-refractivity contribution in [3.63, 3.8) is 0 Å². The second-order valence-corrected chi connectivity index (χ2v) is 11.4. The van der Waals surface area contributed by atoms with Crippen molar-refractivity contribution in [3.05, 3.63) is 41.3 Å². The van der Waals surface area contributed by atoms with E-state index in [9.17, 15) is 13.2 Å². The van der Waals surface area contributed by atoms with E-state index < -0.39 is 21.8 Å². The number of thiazole rings is 1. The van der Waals surface area contributed by atoms with Crippen LogP contribution >= 0.6 is 11.3 Å². The molecule has 0 saturated carbocycles. The molecule has 3 aromatic rings. The minimum absolute atomic E-state index is 0.109. The van der Waals surface area contributed by atoms with Gasteiger partial charge in [-0.1, -0.05) is 33.8 Å². The molecule has 2 heterocycles. The number of carbonyl (C=O) groups is 1. The first-order valence-corrected chi connectivity index (χ1v) is 13.0. The SMILES string of the molecule is CCCS(=O)(=O)Nc1cccc(-c2nc(C(C)(C)C)sc2-c2ccnc(NCC(=O)O)n2)c1F. The van der Waals surface area contributed by atoms with Crippen LogP contribution in [0.1, 0.15) is 39.1 Å². The van der Waals surface area contributed by atoms with E-state index in [0.717, 1.165) is 5.01 Å². The van der Waals surface area contributed by atoms with Gasteiger partial charge in [-0.3, -0.25) is 9.52 Å². The summed E-state index contributed by atoms with van der Waals surface area (Å²) in [4.78, 5) is 24.5. The van der Waals surface area contributed by atoms with Gasteiger partial charge in [0.05, 0.1) is 32.7 Å². The zero-order chi connectivity index (χ0) is 25.1. The Morgan fingerprint density at radius 2 is 1.94 bits per heavy atom. The number of sulfonamides is 1. The van der Waals surface area contributed by atoms with Gasteiger partial charge < -0.3 is 10.4 Å². The average Bonchev–Trinajstić information content (AvgIpc) is 3.19. The van der Waals surface area contributed by atoms with Crippen molar-refractivity contribution in [1.29, 1.82) is 0 Å². The van der Waals surface area contributed by atoms with Crippen LogP contribution in [-0.2, 0) is 20.2 Å². The number of carboxylic acids is 1.